The maximum Gasteiger partial charge on any atom is 0.243 e. The van der Waals surface area contributed by atoms with E-state index in [2.05, 4.69) is 5.32 Å². The monoisotopic (exact) mass is 349 g/mol. The Morgan fingerprint density at radius 3 is 2.26 bits per heavy atom. The Bertz CT molecular complexity index is 547. The Morgan fingerprint density at radius 2 is 1.78 bits per heavy atom. The number of hydrogen-bond donors (Lipinski definition) is 2. The Morgan fingerprint density at radius 1 is 1.26 bits per heavy atom. The van der Waals surface area contributed by atoms with E-state index in [0.717, 1.165) is 18.6 Å². The molecule has 0 fully saturated rings. The average Bonchev–Trinajstić information content (AvgIpc) is 2.35. The summed E-state index contributed by atoms with van der Waals surface area (Å²) in [5, 5.41) is 2.34. The number of nitrogens with two attached hydrogens (primary N) is 1. The van der Waals surface area contributed by atoms with E-state index in [1.807, 2.05) is 6.92 Å². The molecule has 0 aliphatic carbocycles. The van der Waals surface area contributed by atoms with E-state index < -0.39 is 23.1 Å². The summed E-state index contributed by atoms with van der Waals surface area (Å²) in [7, 11) is 1.45. The molecule has 1 atom stereocenters. The highest BCUT2D eigenvalue weighted by molar-refractivity contribution is 5.95. The van der Waals surface area contributed by atoms with E-state index in [0.29, 0.717) is 12.5 Å². The molecule has 0 aliphatic rings. The van der Waals surface area contributed by atoms with Gasteiger partial charge in [-0.15, -0.1) is 12.4 Å². The number of amides is 2. The van der Waals surface area contributed by atoms with Crippen LogP contribution in [0.5, 0.6) is 0 Å². The van der Waals surface area contributed by atoms with Gasteiger partial charge in [-0.2, -0.15) is 0 Å². The highest BCUT2D eigenvalue weighted by Crippen LogP contribution is 2.14. The molecule has 2 amide bonds. The van der Waals surface area contributed by atoms with Crippen molar-refractivity contribution in [1.29, 1.82) is 0 Å². The number of likely N-dealkylation sites (N-methyl/N-ethyl adjacent to an activating group) is 1. The van der Waals surface area contributed by atoms with Crippen LogP contribution in [0.3, 0.4) is 0 Å². The van der Waals surface area contributed by atoms with Gasteiger partial charge >= 0.3 is 0 Å². The molecule has 0 radical (unpaired) electrons. The molecule has 0 saturated heterocycles. The van der Waals surface area contributed by atoms with Crippen molar-refractivity contribution in [2.24, 2.45) is 5.73 Å². The molecule has 0 aliphatic heterocycles. The fourth-order valence-electron chi connectivity index (χ4n) is 2.18. The Kier molecular flexibility index (Phi) is 8.12. The average molecular weight is 350 g/mol. The highest BCUT2D eigenvalue weighted by Gasteiger charge is 2.30. The van der Waals surface area contributed by atoms with Gasteiger partial charge in [-0.1, -0.05) is 13.3 Å². The summed E-state index contributed by atoms with van der Waals surface area (Å²) in [5.74, 6) is -2.52. The van der Waals surface area contributed by atoms with Gasteiger partial charge in [0.1, 0.15) is 11.6 Å². The summed E-state index contributed by atoms with van der Waals surface area (Å²) in [6.45, 7) is 3.26. The van der Waals surface area contributed by atoms with Crippen LogP contribution in [-0.2, 0) is 9.59 Å². The van der Waals surface area contributed by atoms with E-state index in [9.17, 15) is 18.4 Å². The zero-order valence-corrected chi connectivity index (χ0v) is 14.2. The summed E-state index contributed by atoms with van der Waals surface area (Å²) in [6.07, 6.45) is 1.23. The molecule has 1 aromatic rings. The minimum Gasteiger partial charge on any atom is -0.335 e. The fraction of sp³-hybridized carbons (Fsp3) is 0.467. The molecular formula is C15H22ClF2N3O2. The summed E-state index contributed by atoms with van der Waals surface area (Å²) in [5.41, 5.74) is 4.86. The van der Waals surface area contributed by atoms with Crippen molar-refractivity contribution >= 4 is 29.9 Å². The van der Waals surface area contributed by atoms with Gasteiger partial charge in [0.2, 0.25) is 11.8 Å². The zero-order chi connectivity index (χ0) is 16.9. The second-order valence-electron chi connectivity index (χ2n) is 5.53. The van der Waals surface area contributed by atoms with Crippen LogP contribution in [-0.4, -0.2) is 35.8 Å². The second kappa shape index (κ2) is 8.79. The molecule has 23 heavy (non-hydrogen) atoms. The topological polar surface area (TPSA) is 75.4 Å². The van der Waals surface area contributed by atoms with Crippen LogP contribution in [0.15, 0.2) is 18.2 Å². The molecule has 0 spiro atoms. The summed E-state index contributed by atoms with van der Waals surface area (Å²) in [4.78, 5) is 25.2. The Hall–Kier alpha value is -1.73. The molecule has 3 N–H and O–H groups in total. The third kappa shape index (κ3) is 6.50. The van der Waals surface area contributed by atoms with Crippen LogP contribution in [0, 0.1) is 11.6 Å². The van der Waals surface area contributed by atoms with Gasteiger partial charge in [-0.3, -0.25) is 9.59 Å². The normalized spacial score (nSPS) is 12.8. The van der Waals surface area contributed by atoms with Gasteiger partial charge in [0.15, 0.2) is 0 Å². The van der Waals surface area contributed by atoms with E-state index in [4.69, 9.17) is 5.73 Å². The lowest BCUT2D eigenvalue weighted by atomic mass is 9.96. The van der Waals surface area contributed by atoms with Gasteiger partial charge in [-0.25, -0.2) is 8.78 Å². The van der Waals surface area contributed by atoms with Gasteiger partial charge in [0.05, 0.1) is 12.1 Å². The number of benzene rings is 1. The van der Waals surface area contributed by atoms with E-state index >= 15 is 0 Å². The smallest absolute Gasteiger partial charge is 0.243 e. The van der Waals surface area contributed by atoms with E-state index in [1.54, 1.807) is 6.92 Å². The first-order valence-electron chi connectivity index (χ1n) is 6.96. The minimum atomic E-state index is -1.05. The van der Waals surface area contributed by atoms with E-state index in [-0.39, 0.29) is 30.5 Å². The van der Waals surface area contributed by atoms with Crippen LogP contribution in [0.1, 0.15) is 26.7 Å². The third-order valence-corrected chi connectivity index (χ3v) is 3.13. The van der Waals surface area contributed by atoms with Crippen molar-refractivity contribution in [3.8, 4) is 0 Å². The largest absolute Gasteiger partial charge is 0.335 e. The van der Waals surface area contributed by atoms with Crippen molar-refractivity contribution in [1.82, 2.24) is 4.90 Å². The SMILES string of the molecule is CCCC(C)(N)C(=O)N(C)CC(=O)Nc1cc(F)cc(F)c1.Cl. The molecule has 1 aromatic carbocycles. The molecule has 0 heterocycles. The molecule has 5 nitrogen and oxygen atoms in total. The van der Waals surface area contributed by atoms with Gasteiger partial charge in [-0.05, 0) is 25.5 Å². The predicted molar refractivity (Wildman–Crippen MR) is 87.4 cm³/mol. The maximum atomic E-state index is 13.0. The lowest BCUT2D eigenvalue weighted by molar-refractivity contribution is -0.137. The first-order chi connectivity index (χ1) is 10.2. The number of nitrogens with zero attached hydrogens (tertiary/aromatic N) is 1. The predicted octanol–water partition coefficient (Wildman–Crippen LogP) is 2.30. The van der Waals surface area contributed by atoms with Crippen LogP contribution in [0.2, 0.25) is 0 Å². The van der Waals surface area contributed by atoms with Crippen LogP contribution < -0.4 is 11.1 Å². The van der Waals surface area contributed by atoms with Crippen molar-refractivity contribution < 1.29 is 18.4 Å². The molecule has 0 aromatic heterocycles. The van der Waals surface area contributed by atoms with Crippen molar-refractivity contribution in [3.63, 3.8) is 0 Å². The number of rotatable bonds is 6. The van der Waals surface area contributed by atoms with Crippen molar-refractivity contribution in [2.45, 2.75) is 32.2 Å². The number of carbonyl (C=O) groups is 2. The van der Waals surface area contributed by atoms with Crippen LogP contribution in [0.4, 0.5) is 14.5 Å². The quantitative estimate of drug-likeness (QED) is 0.827. The first kappa shape index (κ1) is 21.3. The fourth-order valence-corrected chi connectivity index (χ4v) is 2.18. The Balaban J connectivity index is 0.00000484. The van der Waals surface area contributed by atoms with Crippen LogP contribution in [0.25, 0.3) is 0 Å². The number of anilines is 1. The molecule has 1 unspecified atom stereocenters. The van der Waals surface area contributed by atoms with Gasteiger partial charge in [0, 0.05) is 18.8 Å². The highest BCUT2D eigenvalue weighted by atomic mass is 35.5. The number of nitrogens with one attached hydrogen (secondary N) is 1. The lowest BCUT2D eigenvalue weighted by Crippen LogP contribution is -2.53. The number of carbonyl (C=O) groups excluding carboxylic acids is 2. The van der Waals surface area contributed by atoms with Crippen molar-refractivity contribution in [2.75, 3.05) is 18.9 Å². The molecular weight excluding hydrogens is 328 g/mol. The Labute approximate surface area is 140 Å². The minimum absolute atomic E-state index is 0. The summed E-state index contributed by atoms with van der Waals surface area (Å²) < 4.78 is 26.1. The third-order valence-electron chi connectivity index (χ3n) is 3.13. The molecule has 8 heteroatoms. The maximum absolute atomic E-state index is 13.0. The summed E-state index contributed by atoms with van der Waals surface area (Å²) >= 11 is 0. The zero-order valence-electron chi connectivity index (χ0n) is 13.4. The number of halogens is 3. The van der Waals surface area contributed by atoms with Crippen molar-refractivity contribution in [3.05, 3.63) is 29.8 Å². The van der Waals surface area contributed by atoms with Gasteiger partial charge < -0.3 is 16.0 Å². The van der Waals surface area contributed by atoms with Crippen LogP contribution >= 0.6 is 12.4 Å². The molecule has 130 valence electrons. The first-order valence-corrected chi connectivity index (χ1v) is 6.96. The summed E-state index contributed by atoms with van der Waals surface area (Å²) in [6, 6.07) is 2.69. The lowest BCUT2D eigenvalue weighted by Gasteiger charge is -2.28. The number of hydrogen-bond acceptors (Lipinski definition) is 3. The van der Waals surface area contributed by atoms with E-state index in [1.165, 1.54) is 11.9 Å². The molecule has 0 saturated carbocycles. The molecule has 1 rings (SSSR count). The standard InChI is InChI=1S/C15H21F2N3O2.ClH/c1-4-5-15(2,18)14(22)20(3)9-13(21)19-12-7-10(16)6-11(17)8-12;/h6-8H,4-5,9,18H2,1-3H3,(H,19,21);1H. The van der Waals surface area contributed by atoms with Gasteiger partial charge in [0.25, 0.3) is 0 Å². The molecule has 0 bridgehead atoms. The second-order valence-corrected chi connectivity index (χ2v) is 5.53.